The van der Waals surface area contributed by atoms with Crippen molar-refractivity contribution in [2.24, 2.45) is 0 Å². The Kier molecular flexibility index (Phi) is 10.5. The summed E-state index contributed by atoms with van der Waals surface area (Å²) >= 11 is 1.61. The second-order valence-corrected chi connectivity index (χ2v) is 8.51. The fraction of sp³-hybridized carbons (Fsp3) is 0.440. The first kappa shape index (κ1) is 24.0. The molecule has 2 rings (SSSR count). The van der Waals surface area contributed by atoms with Crippen molar-refractivity contribution < 1.29 is 9.59 Å². The summed E-state index contributed by atoms with van der Waals surface area (Å²) in [7, 11) is 0. The Labute approximate surface area is 185 Å². The van der Waals surface area contributed by atoms with Gasteiger partial charge in [-0.2, -0.15) is 0 Å². The lowest BCUT2D eigenvalue weighted by Gasteiger charge is -2.30. The van der Waals surface area contributed by atoms with E-state index >= 15 is 0 Å². The number of carbonyl (C=O) groups is 2. The Morgan fingerprint density at radius 2 is 1.77 bits per heavy atom. The van der Waals surface area contributed by atoms with E-state index in [1.807, 2.05) is 38.1 Å². The summed E-state index contributed by atoms with van der Waals surface area (Å²) < 4.78 is 0. The zero-order valence-electron chi connectivity index (χ0n) is 18.4. The van der Waals surface area contributed by atoms with Gasteiger partial charge in [0.25, 0.3) is 0 Å². The molecule has 0 aromatic heterocycles. The highest BCUT2D eigenvalue weighted by Crippen LogP contribution is 2.16. The van der Waals surface area contributed by atoms with Gasteiger partial charge in [-0.25, -0.2) is 0 Å². The summed E-state index contributed by atoms with van der Waals surface area (Å²) in [6, 6.07) is 18.1. The van der Waals surface area contributed by atoms with Crippen LogP contribution >= 0.6 is 11.8 Å². The lowest BCUT2D eigenvalue weighted by atomic mass is 10.1. The lowest BCUT2D eigenvalue weighted by Crippen LogP contribution is -2.50. The predicted molar refractivity (Wildman–Crippen MR) is 127 cm³/mol. The minimum atomic E-state index is -0.424. The molecule has 1 atom stereocenters. The molecule has 2 aromatic rings. The highest BCUT2D eigenvalue weighted by Gasteiger charge is 2.27. The Morgan fingerprint density at radius 3 is 2.43 bits per heavy atom. The molecule has 1 N–H and O–H groups in total. The SMILES string of the molecule is CCCNC(=O)[C@H](CC)N(CCc1ccccc1)C(=O)CSCc1cccc(C)c1. The molecule has 0 radical (unpaired) electrons. The maximum atomic E-state index is 13.1. The predicted octanol–water partition coefficient (Wildman–Crippen LogP) is 4.60. The number of aryl methyl sites for hydroxylation is 1. The lowest BCUT2D eigenvalue weighted by molar-refractivity contribution is -0.138. The molecule has 2 amide bonds. The average Bonchev–Trinajstić information content (AvgIpc) is 2.75. The monoisotopic (exact) mass is 426 g/mol. The first-order chi connectivity index (χ1) is 14.5. The molecule has 30 heavy (non-hydrogen) atoms. The van der Waals surface area contributed by atoms with Gasteiger partial charge in [0.15, 0.2) is 0 Å². The number of thioether (sulfide) groups is 1. The minimum absolute atomic E-state index is 0.0297. The molecule has 0 aliphatic carbocycles. The molecule has 0 spiro atoms. The molecule has 4 nitrogen and oxygen atoms in total. The van der Waals surface area contributed by atoms with Crippen LogP contribution in [-0.4, -0.2) is 41.6 Å². The number of hydrogen-bond acceptors (Lipinski definition) is 3. The third-order valence-corrected chi connectivity index (χ3v) is 5.98. The van der Waals surface area contributed by atoms with Gasteiger partial charge in [0, 0.05) is 18.8 Å². The van der Waals surface area contributed by atoms with Crippen LogP contribution in [-0.2, 0) is 21.8 Å². The van der Waals surface area contributed by atoms with E-state index in [0.717, 1.165) is 18.6 Å². The van der Waals surface area contributed by atoms with Crippen molar-refractivity contribution in [1.82, 2.24) is 10.2 Å². The van der Waals surface area contributed by atoms with Crippen LogP contribution in [0, 0.1) is 6.92 Å². The van der Waals surface area contributed by atoms with Gasteiger partial charge in [-0.15, -0.1) is 11.8 Å². The molecule has 0 aliphatic heterocycles. The Bertz CT molecular complexity index is 795. The summed E-state index contributed by atoms with van der Waals surface area (Å²) in [4.78, 5) is 27.6. The summed E-state index contributed by atoms with van der Waals surface area (Å²) in [6.07, 6.45) is 2.23. The molecule has 0 heterocycles. The van der Waals surface area contributed by atoms with Crippen molar-refractivity contribution in [2.75, 3.05) is 18.8 Å². The molecule has 2 aromatic carbocycles. The highest BCUT2D eigenvalue weighted by atomic mass is 32.2. The second kappa shape index (κ2) is 13.1. The van der Waals surface area contributed by atoms with E-state index in [4.69, 9.17) is 0 Å². The van der Waals surface area contributed by atoms with Crippen LogP contribution in [0.15, 0.2) is 54.6 Å². The van der Waals surface area contributed by atoms with E-state index in [0.29, 0.717) is 25.3 Å². The number of nitrogens with one attached hydrogen (secondary N) is 1. The number of amides is 2. The average molecular weight is 427 g/mol. The summed E-state index contributed by atoms with van der Waals surface area (Å²) in [6.45, 7) is 7.26. The van der Waals surface area contributed by atoms with Crippen LogP contribution in [0.4, 0.5) is 0 Å². The van der Waals surface area contributed by atoms with E-state index in [-0.39, 0.29) is 11.8 Å². The Balaban J connectivity index is 2.03. The summed E-state index contributed by atoms with van der Waals surface area (Å²) in [5, 5.41) is 2.97. The van der Waals surface area contributed by atoms with Crippen LogP contribution in [0.25, 0.3) is 0 Å². The fourth-order valence-electron chi connectivity index (χ4n) is 3.40. The molecule has 0 bridgehead atoms. The van der Waals surface area contributed by atoms with Gasteiger partial charge in [-0.3, -0.25) is 9.59 Å². The number of carbonyl (C=O) groups excluding carboxylic acids is 2. The molecule has 0 fully saturated rings. The van der Waals surface area contributed by atoms with Gasteiger partial charge in [0.05, 0.1) is 5.75 Å². The van der Waals surface area contributed by atoms with E-state index in [2.05, 4.69) is 42.6 Å². The molecule has 0 aliphatic rings. The Hall–Kier alpha value is -2.27. The smallest absolute Gasteiger partial charge is 0.242 e. The van der Waals surface area contributed by atoms with E-state index in [9.17, 15) is 9.59 Å². The van der Waals surface area contributed by atoms with Crippen molar-refractivity contribution in [3.05, 3.63) is 71.3 Å². The third kappa shape index (κ3) is 7.86. The van der Waals surface area contributed by atoms with Gasteiger partial charge >= 0.3 is 0 Å². The van der Waals surface area contributed by atoms with Crippen LogP contribution < -0.4 is 5.32 Å². The summed E-state index contributed by atoms with van der Waals surface area (Å²) in [5.41, 5.74) is 3.62. The van der Waals surface area contributed by atoms with E-state index in [1.54, 1.807) is 16.7 Å². The number of hydrogen-bond donors (Lipinski definition) is 1. The maximum Gasteiger partial charge on any atom is 0.242 e. The van der Waals surface area contributed by atoms with Gasteiger partial charge in [-0.1, -0.05) is 74.0 Å². The highest BCUT2D eigenvalue weighted by molar-refractivity contribution is 7.99. The minimum Gasteiger partial charge on any atom is -0.354 e. The maximum absolute atomic E-state index is 13.1. The van der Waals surface area contributed by atoms with Crippen molar-refractivity contribution >= 4 is 23.6 Å². The second-order valence-electron chi connectivity index (χ2n) is 7.52. The zero-order chi connectivity index (χ0) is 21.8. The summed E-state index contributed by atoms with van der Waals surface area (Å²) in [5.74, 6) is 1.14. The fourth-order valence-corrected chi connectivity index (χ4v) is 4.26. The standard InChI is InChI=1S/C25H34N2O2S/c1-4-15-26-25(29)23(5-2)27(16-14-21-11-7-6-8-12-21)24(28)19-30-18-22-13-9-10-20(3)17-22/h6-13,17,23H,4-5,14-16,18-19H2,1-3H3,(H,26,29)/t23-/m0/s1. The van der Waals surface area contributed by atoms with Gasteiger partial charge in [0.2, 0.25) is 11.8 Å². The molecular formula is C25H34N2O2S. The van der Waals surface area contributed by atoms with Gasteiger partial charge < -0.3 is 10.2 Å². The number of rotatable bonds is 12. The topological polar surface area (TPSA) is 49.4 Å². The largest absolute Gasteiger partial charge is 0.354 e. The van der Waals surface area contributed by atoms with Crippen molar-refractivity contribution in [2.45, 2.75) is 51.8 Å². The molecule has 0 saturated carbocycles. The molecular weight excluding hydrogens is 392 g/mol. The van der Waals surface area contributed by atoms with Gasteiger partial charge in [0.1, 0.15) is 6.04 Å². The van der Waals surface area contributed by atoms with Crippen LogP contribution in [0.1, 0.15) is 43.4 Å². The Morgan fingerprint density at radius 1 is 1.03 bits per heavy atom. The van der Waals surface area contributed by atoms with E-state index in [1.165, 1.54) is 16.7 Å². The number of benzene rings is 2. The van der Waals surface area contributed by atoms with Crippen LogP contribution in [0.2, 0.25) is 0 Å². The number of nitrogens with zero attached hydrogens (tertiary/aromatic N) is 1. The third-order valence-electron chi connectivity index (χ3n) is 5.00. The molecule has 0 unspecified atom stereocenters. The van der Waals surface area contributed by atoms with Crippen molar-refractivity contribution in [1.29, 1.82) is 0 Å². The first-order valence-electron chi connectivity index (χ1n) is 10.8. The quantitative estimate of drug-likeness (QED) is 0.539. The zero-order valence-corrected chi connectivity index (χ0v) is 19.2. The molecule has 5 heteroatoms. The van der Waals surface area contributed by atoms with Crippen LogP contribution in [0.3, 0.4) is 0 Å². The normalized spacial score (nSPS) is 11.7. The van der Waals surface area contributed by atoms with Crippen molar-refractivity contribution in [3.8, 4) is 0 Å². The molecule has 162 valence electrons. The molecule has 0 saturated heterocycles. The van der Waals surface area contributed by atoms with E-state index < -0.39 is 6.04 Å². The van der Waals surface area contributed by atoms with Gasteiger partial charge in [-0.05, 0) is 37.3 Å². The van der Waals surface area contributed by atoms with Crippen LogP contribution in [0.5, 0.6) is 0 Å². The van der Waals surface area contributed by atoms with Crippen molar-refractivity contribution in [3.63, 3.8) is 0 Å². The first-order valence-corrected chi connectivity index (χ1v) is 11.9.